The minimum absolute atomic E-state index is 0.105. The van der Waals surface area contributed by atoms with Gasteiger partial charge in [0.1, 0.15) is 6.54 Å². The van der Waals surface area contributed by atoms with Gasteiger partial charge in [0.2, 0.25) is 11.7 Å². The van der Waals surface area contributed by atoms with Gasteiger partial charge in [0.25, 0.3) is 5.89 Å². The van der Waals surface area contributed by atoms with E-state index in [4.69, 9.17) is 16.1 Å². The van der Waals surface area contributed by atoms with E-state index in [1.807, 2.05) is 6.07 Å². The molecule has 32 heavy (non-hydrogen) atoms. The highest BCUT2D eigenvalue weighted by atomic mass is 35.5. The summed E-state index contributed by atoms with van der Waals surface area (Å²) in [6.07, 6.45) is 3.55. The molecule has 1 amide bonds. The molecule has 0 saturated carbocycles. The first-order valence-electron chi connectivity index (χ1n) is 10.5. The summed E-state index contributed by atoms with van der Waals surface area (Å²) < 4.78 is 8.01. The Morgan fingerprint density at radius 2 is 2.03 bits per heavy atom. The van der Waals surface area contributed by atoms with Gasteiger partial charge in [-0.1, -0.05) is 35.8 Å². The smallest absolute Gasteiger partial charge is 0.341 e. The third kappa shape index (κ3) is 3.80. The van der Waals surface area contributed by atoms with Crippen molar-refractivity contribution in [2.75, 3.05) is 13.1 Å². The van der Waals surface area contributed by atoms with Crippen molar-refractivity contribution < 1.29 is 9.32 Å². The van der Waals surface area contributed by atoms with Crippen LogP contribution in [0, 0.1) is 5.92 Å². The number of carbonyl (C=O) groups is 1. The summed E-state index contributed by atoms with van der Waals surface area (Å²) in [5, 5.41) is 9.00. The Morgan fingerprint density at radius 1 is 1.22 bits per heavy atom. The normalized spacial score (nSPS) is 14.9. The number of hydrogen-bond acceptors (Lipinski definition) is 6. The van der Waals surface area contributed by atoms with Crippen molar-refractivity contribution in [2.45, 2.75) is 26.3 Å². The molecule has 1 fully saturated rings. The van der Waals surface area contributed by atoms with E-state index in [0.29, 0.717) is 46.6 Å². The van der Waals surface area contributed by atoms with Crippen LogP contribution in [0.15, 0.2) is 51.9 Å². The van der Waals surface area contributed by atoms with Gasteiger partial charge in [0, 0.05) is 29.9 Å². The summed E-state index contributed by atoms with van der Waals surface area (Å²) in [5.41, 5.74) is 1.17. The maximum absolute atomic E-state index is 12.9. The van der Waals surface area contributed by atoms with Crippen LogP contribution in [-0.2, 0) is 11.3 Å². The molecule has 1 aliphatic rings. The number of fused-ring (bicyclic) bond motifs is 1. The van der Waals surface area contributed by atoms with E-state index in [1.54, 1.807) is 41.4 Å². The Hall–Kier alpha value is -3.46. The van der Waals surface area contributed by atoms with Gasteiger partial charge in [-0.25, -0.2) is 13.9 Å². The van der Waals surface area contributed by atoms with Crippen molar-refractivity contribution in [3.8, 4) is 22.8 Å². The van der Waals surface area contributed by atoms with Crippen molar-refractivity contribution in [1.82, 2.24) is 29.2 Å². The third-order valence-corrected chi connectivity index (χ3v) is 6.01. The number of amides is 1. The number of nitrogens with zero attached hydrogens (tertiary/aromatic N) is 6. The van der Waals surface area contributed by atoms with Crippen LogP contribution in [0.2, 0.25) is 5.02 Å². The quantitative estimate of drug-likeness (QED) is 0.471. The lowest BCUT2D eigenvalue weighted by Crippen LogP contribution is -2.41. The summed E-state index contributed by atoms with van der Waals surface area (Å²) in [4.78, 5) is 31.8. The van der Waals surface area contributed by atoms with Crippen LogP contribution in [0.4, 0.5) is 0 Å². The lowest BCUT2D eigenvalue weighted by atomic mass is 9.99. The number of aromatic nitrogens is 5. The number of hydrogen-bond donors (Lipinski definition) is 0. The number of carbonyl (C=O) groups excluding carboxylic acids is 1. The number of rotatable bonds is 4. The molecule has 0 atom stereocenters. The van der Waals surface area contributed by atoms with Gasteiger partial charge in [0.05, 0.1) is 5.56 Å². The zero-order valence-electron chi connectivity index (χ0n) is 17.4. The molecule has 10 heteroatoms. The van der Waals surface area contributed by atoms with Crippen LogP contribution in [0.25, 0.3) is 28.5 Å². The van der Waals surface area contributed by atoms with Gasteiger partial charge >= 0.3 is 5.69 Å². The number of piperidine rings is 1. The first-order valence-corrected chi connectivity index (χ1v) is 10.8. The summed E-state index contributed by atoms with van der Waals surface area (Å²) in [7, 11) is 0. The van der Waals surface area contributed by atoms with Crippen molar-refractivity contribution in [3.63, 3.8) is 0 Å². The molecule has 0 N–H and O–H groups in total. The van der Waals surface area contributed by atoms with E-state index >= 15 is 0 Å². The molecule has 4 aromatic rings. The highest BCUT2D eigenvalue weighted by molar-refractivity contribution is 6.30. The molecule has 9 nitrogen and oxygen atoms in total. The van der Waals surface area contributed by atoms with Gasteiger partial charge in [0.15, 0.2) is 5.65 Å². The zero-order chi connectivity index (χ0) is 22.2. The Kier molecular flexibility index (Phi) is 5.26. The monoisotopic (exact) mass is 452 g/mol. The van der Waals surface area contributed by atoms with E-state index in [-0.39, 0.29) is 18.3 Å². The molecule has 1 saturated heterocycles. The molecule has 1 aliphatic heterocycles. The van der Waals surface area contributed by atoms with Crippen LogP contribution >= 0.6 is 11.6 Å². The predicted molar refractivity (Wildman–Crippen MR) is 118 cm³/mol. The Labute approximate surface area is 188 Å². The molecule has 5 rings (SSSR count). The largest absolute Gasteiger partial charge is 0.350 e. The minimum Gasteiger partial charge on any atom is -0.341 e. The van der Waals surface area contributed by atoms with Gasteiger partial charge in [-0.2, -0.15) is 4.98 Å². The van der Waals surface area contributed by atoms with Crippen LogP contribution in [-0.4, -0.2) is 48.2 Å². The second-order valence-corrected chi connectivity index (χ2v) is 8.49. The summed E-state index contributed by atoms with van der Waals surface area (Å²) in [6.45, 7) is 3.50. The maximum atomic E-state index is 12.9. The van der Waals surface area contributed by atoms with Gasteiger partial charge < -0.3 is 9.42 Å². The average Bonchev–Trinajstić information content (AvgIpc) is 3.40. The molecule has 3 aromatic heterocycles. The topological polar surface area (TPSA) is 98.5 Å². The third-order valence-electron chi connectivity index (χ3n) is 5.77. The fourth-order valence-corrected chi connectivity index (χ4v) is 4.06. The number of benzene rings is 1. The lowest BCUT2D eigenvalue weighted by molar-refractivity contribution is -0.133. The number of halogens is 1. The molecular formula is C22H21ClN6O3. The molecular weight excluding hydrogens is 432 g/mol. The van der Waals surface area contributed by atoms with Crippen LogP contribution in [0.5, 0.6) is 0 Å². The molecule has 1 aromatic carbocycles. The average molecular weight is 453 g/mol. The summed E-state index contributed by atoms with van der Waals surface area (Å²) in [5.74, 6) is 1.11. The Morgan fingerprint density at radius 3 is 2.81 bits per heavy atom. The van der Waals surface area contributed by atoms with Gasteiger partial charge in [-0.05, 0) is 43.0 Å². The van der Waals surface area contributed by atoms with Crippen molar-refractivity contribution >= 4 is 23.2 Å². The first kappa shape index (κ1) is 20.4. The van der Waals surface area contributed by atoms with Crippen LogP contribution in [0.1, 0.15) is 19.8 Å². The molecule has 0 spiro atoms. The lowest BCUT2D eigenvalue weighted by Gasteiger charge is -2.30. The fraction of sp³-hybridized carbons (Fsp3) is 0.318. The molecule has 0 unspecified atom stereocenters. The minimum atomic E-state index is -0.393. The van der Waals surface area contributed by atoms with Crippen molar-refractivity contribution in [1.29, 1.82) is 0 Å². The van der Waals surface area contributed by atoms with E-state index in [1.165, 1.54) is 9.08 Å². The molecule has 164 valence electrons. The van der Waals surface area contributed by atoms with E-state index < -0.39 is 5.69 Å². The van der Waals surface area contributed by atoms with Gasteiger partial charge in [-0.15, -0.1) is 5.10 Å². The highest BCUT2D eigenvalue weighted by Gasteiger charge is 2.23. The molecule has 0 radical (unpaired) electrons. The second kappa shape index (κ2) is 8.23. The van der Waals surface area contributed by atoms with Crippen LogP contribution in [0.3, 0.4) is 0 Å². The number of likely N-dealkylation sites (tertiary alicyclic amines) is 1. The van der Waals surface area contributed by atoms with E-state index in [2.05, 4.69) is 22.2 Å². The maximum Gasteiger partial charge on any atom is 0.350 e. The van der Waals surface area contributed by atoms with Gasteiger partial charge in [-0.3, -0.25) is 4.79 Å². The Balaban J connectivity index is 1.46. The van der Waals surface area contributed by atoms with E-state index in [0.717, 1.165) is 12.8 Å². The predicted octanol–water partition coefficient (Wildman–Crippen LogP) is 3.12. The van der Waals surface area contributed by atoms with Crippen molar-refractivity contribution in [2.24, 2.45) is 5.92 Å². The highest BCUT2D eigenvalue weighted by Crippen LogP contribution is 2.26. The van der Waals surface area contributed by atoms with Crippen LogP contribution < -0.4 is 5.69 Å². The van der Waals surface area contributed by atoms with E-state index in [9.17, 15) is 9.59 Å². The molecule has 4 heterocycles. The SMILES string of the molecule is CC1CCN(C(=O)Cn2nc3c(-c4nc(-c5cccc(Cl)c5)no4)cccn3c2=O)CC1. The second-order valence-electron chi connectivity index (χ2n) is 8.05. The zero-order valence-corrected chi connectivity index (χ0v) is 18.2. The summed E-state index contributed by atoms with van der Waals surface area (Å²) in [6, 6.07) is 10.6. The molecule has 0 aliphatic carbocycles. The molecule has 0 bridgehead atoms. The number of pyridine rings is 1. The first-order chi connectivity index (χ1) is 15.5. The van der Waals surface area contributed by atoms with Crippen molar-refractivity contribution in [3.05, 3.63) is 58.1 Å². The fourth-order valence-electron chi connectivity index (χ4n) is 3.87. The Bertz CT molecular complexity index is 1350. The standard InChI is InChI=1S/C22H21ClN6O3/c1-14-7-10-27(11-8-14)18(30)13-29-22(31)28-9-3-6-17(20(28)25-29)21-24-19(26-32-21)15-4-2-5-16(23)12-15/h2-6,9,12,14H,7-8,10-11,13H2,1H3. The summed E-state index contributed by atoms with van der Waals surface area (Å²) >= 11 is 6.05.